The molecule has 160 valence electrons. The van der Waals surface area contributed by atoms with Gasteiger partial charge in [0.1, 0.15) is 0 Å². The maximum atomic E-state index is 5.77. The standard InChI is InChI=1S/C27H31N2OP/c1-27(2,30-3)26-19-12-20-29(26)28-21-22-13-10-11-18-25(22)31(23-14-6-4-7-15-23)24-16-8-5-9-17-24/h4-11,13-18,21,26H,12,19-20H2,1-3H3/b28-21+/t26-/m0/s1. The number of rotatable bonds is 7. The monoisotopic (exact) mass is 430 g/mol. The average Bonchev–Trinajstić information content (AvgIpc) is 3.30. The smallest absolute Gasteiger partial charge is 0.0841 e. The molecule has 4 heteroatoms. The molecule has 1 aliphatic rings. The molecule has 0 aromatic heterocycles. The molecule has 31 heavy (non-hydrogen) atoms. The molecule has 0 N–H and O–H groups in total. The van der Waals surface area contributed by atoms with Gasteiger partial charge in [0.25, 0.3) is 0 Å². The zero-order valence-electron chi connectivity index (χ0n) is 18.6. The highest BCUT2D eigenvalue weighted by Crippen LogP contribution is 2.34. The van der Waals surface area contributed by atoms with E-state index in [9.17, 15) is 0 Å². The fourth-order valence-corrected chi connectivity index (χ4v) is 6.67. The van der Waals surface area contributed by atoms with Crippen LogP contribution < -0.4 is 15.9 Å². The number of nitrogens with zero attached hydrogens (tertiary/aromatic N) is 2. The molecule has 0 amide bonds. The Labute approximate surface area is 187 Å². The van der Waals surface area contributed by atoms with Crippen LogP contribution in [0.4, 0.5) is 0 Å². The fraction of sp³-hybridized carbons (Fsp3) is 0.296. The van der Waals surface area contributed by atoms with Crippen molar-refractivity contribution in [2.45, 2.75) is 38.3 Å². The molecular formula is C27H31N2OP. The van der Waals surface area contributed by atoms with Gasteiger partial charge in [-0.1, -0.05) is 84.9 Å². The van der Waals surface area contributed by atoms with Crippen molar-refractivity contribution in [3.8, 4) is 0 Å². The van der Waals surface area contributed by atoms with Gasteiger partial charge < -0.3 is 4.74 Å². The second kappa shape index (κ2) is 9.77. The third-order valence-electron chi connectivity index (χ3n) is 6.10. The molecule has 0 saturated carbocycles. The number of hydrogen-bond acceptors (Lipinski definition) is 3. The second-order valence-corrected chi connectivity index (χ2v) is 10.6. The lowest BCUT2D eigenvalue weighted by molar-refractivity contribution is -0.0394. The van der Waals surface area contributed by atoms with E-state index < -0.39 is 7.92 Å². The third-order valence-corrected chi connectivity index (χ3v) is 8.62. The molecule has 1 atom stereocenters. The molecule has 0 aliphatic carbocycles. The van der Waals surface area contributed by atoms with Crippen molar-refractivity contribution in [3.63, 3.8) is 0 Å². The summed E-state index contributed by atoms with van der Waals surface area (Å²) in [5.74, 6) is 0. The lowest BCUT2D eigenvalue weighted by Gasteiger charge is -2.35. The van der Waals surface area contributed by atoms with E-state index in [1.807, 2.05) is 0 Å². The highest BCUT2D eigenvalue weighted by molar-refractivity contribution is 7.80. The summed E-state index contributed by atoms with van der Waals surface area (Å²) in [6.45, 7) is 5.29. The van der Waals surface area contributed by atoms with Gasteiger partial charge in [-0.05, 0) is 50.5 Å². The van der Waals surface area contributed by atoms with Crippen LogP contribution in [0.2, 0.25) is 0 Å². The third kappa shape index (κ3) is 4.89. The van der Waals surface area contributed by atoms with Gasteiger partial charge in [0.2, 0.25) is 0 Å². The van der Waals surface area contributed by atoms with E-state index in [0.29, 0.717) is 6.04 Å². The van der Waals surface area contributed by atoms with E-state index in [0.717, 1.165) is 19.4 Å². The van der Waals surface area contributed by atoms with E-state index in [2.05, 4.69) is 110 Å². The van der Waals surface area contributed by atoms with E-state index in [1.54, 1.807) is 7.11 Å². The lowest BCUT2D eigenvalue weighted by Crippen LogP contribution is -2.44. The largest absolute Gasteiger partial charge is 0.377 e. The Balaban J connectivity index is 1.71. The molecule has 0 unspecified atom stereocenters. The van der Waals surface area contributed by atoms with Crippen LogP contribution in [-0.2, 0) is 4.74 Å². The van der Waals surface area contributed by atoms with E-state index >= 15 is 0 Å². The van der Waals surface area contributed by atoms with Crippen molar-refractivity contribution in [3.05, 3.63) is 90.5 Å². The minimum atomic E-state index is -0.662. The quantitative estimate of drug-likeness (QED) is 0.402. The van der Waals surface area contributed by atoms with Crippen molar-refractivity contribution < 1.29 is 4.74 Å². The highest BCUT2D eigenvalue weighted by Gasteiger charge is 2.37. The second-order valence-electron chi connectivity index (χ2n) is 8.44. The topological polar surface area (TPSA) is 24.8 Å². The van der Waals surface area contributed by atoms with Crippen molar-refractivity contribution in [2.75, 3.05) is 13.7 Å². The minimum Gasteiger partial charge on any atom is -0.377 e. The van der Waals surface area contributed by atoms with Crippen molar-refractivity contribution in [1.29, 1.82) is 0 Å². The first-order valence-electron chi connectivity index (χ1n) is 11.0. The highest BCUT2D eigenvalue weighted by atomic mass is 31.1. The molecule has 1 fully saturated rings. The molecule has 0 radical (unpaired) electrons. The van der Waals surface area contributed by atoms with Gasteiger partial charge in [0.15, 0.2) is 0 Å². The van der Waals surface area contributed by atoms with Crippen LogP contribution in [0.3, 0.4) is 0 Å². The maximum Gasteiger partial charge on any atom is 0.0841 e. The Morgan fingerprint density at radius 1 is 0.903 bits per heavy atom. The fourth-order valence-electron chi connectivity index (χ4n) is 4.25. The van der Waals surface area contributed by atoms with Gasteiger partial charge in [-0.3, -0.25) is 5.01 Å². The summed E-state index contributed by atoms with van der Waals surface area (Å²) in [6.07, 6.45) is 4.32. The maximum absolute atomic E-state index is 5.77. The Morgan fingerprint density at radius 3 is 2.10 bits per heavy atom. The Bertz CT molecular complexity index is 965. The van der Waals surface area contributed by atoms with E-state index in [4.69, 9.17) is 9.84 Å². The predicted molar refractivity (Wildman–Crippen MR) is 134 cm³/mol. The predicted octanol–water partition coefficient (Wildman–Crippen LogP) is 4.67. The first kappa shape index (κ1) is 21.7. The van der Waals surface area contributed by atoms with Crippen molar-refractivity contribution in [1.82, 2.24) is 5.01 Å². The van der Waals surface area contributed by atoms with Crippen LogP contribution in [0.25, 0.3) is 0 Å². The van der Waals surface area contributed by atoms with Gasteiger partial charge in [-0.15, -0.1) is 0 Å². The van der Waals surface area contributed by atoms with Crippen LogP contribution in [0.15, 0.2) is 90.0 Å². The summed E-state index contributed by atoms with van der Waals surface area (Å²) < 4.78 is 5.77. The number of hydrazone groups is 1. The number of benzene rings is 3. The average molecular weight is 431 g/mol. The molecular weight excluding hydrogens is 399 g/mol. The molecule has 3 aromatic rings. The summed E-state index contributed by atoms with van der Waals surface area (Å²) in [5, 5.41) is 11.2. The van der Waals surface area contributed by atoms with E-state index in [-0.39, 0.29) is 5.60 Å². The summed E-state index contributed by atoms with van der Waals surface area (Å²) in [7, 11) is 1.13. The van der Waals surface area contributed by atoms with E-state index in [1.165, 1.54) is 21.5 Å². The molecule has 3 aromatic carbocycles. The SMILES string of the molecule is COC(C)(C)[C@@H]1CCCN1/N=C/c1ccccc1P(c1ccccc1)c1ccccc1. The molecule has 4 rings (SSSR count). The van der Waals surface area contributed by atoms with Crippen LogP contribution in [-0.4, -0.2) is 36.5 Å². The molecule has 1 aliphatic heterocycles. The summed E-state index contributed by atoms with van der Waals surface area (Å²) in [4.78, 5) is 0. The number of hydrogen-bond donors (Lipinski definition) is 0. The Kier molecular flexibility index (Phi) is 6.85. The molecule has 0 bridgehead atoms. The zero-order valence-corrected chi connectivity index (χ0v) is 19.5. The number of methoxy groups -OCH3 is 1. The Hall–Kier alpha value is -2.48. The molecule has 3 nitrogen and oxygen atoms in total. The van der Waals surface area contributed by atoms with Gasteiger partial charge in [-0.25, -0.2) is 0 Å². The zero-order chi connectivity index (χ0) is 21.7. The summed E-state index contributed by atoms with van der Waals surface area (Å²) >= 11 is 0. The van der Waals surface area contributed by atoms with Gasteiger partial charge in [-0.2, -0.15) is 5.10 Å². The van der Waals surface area contributed by atoms with Crippen molar-refractivity contribution >= 4 is 30.0 Å². The van der Waals surface area contributed by atoms with Crippen LogP contribution in [0.5, 0.6) is 0 Å². The number of ether oxygens (including phenoxy) is 1. The van der Waals surface area contributed by atoms with Gasteiger partial charge >= 0.3 is 0 Å². The van der Waals surface area contributed by atoms with Crippen LogP contribution in [0.1, 0.15) is 32.3 Å². The lowest BCUT2D eigenvalue weighted by atomic mass is 9.97. The normalized spacial score (nSPS) is 17.0. The summed E-state index contributed by atoms with van der Waals surface area (Å²) in [5.41, 5.74) is 0.968. The first-order chi connectivity index (χ1) is 15.1. The first-order valence-corrected chi connectivity index (χ1v) is 12.3. The minimum absolute atomic E-state index is 0.214. The van der Waals surface area contributed by atoms with Crippen LogP contribution >= 0.6 is 7.92 Å². The summed E-state index contributed by atoms with van der Waals surface area (Å²) in [6, 6.07) is 30.6. The van der Waals surface area contributed by atoms with Crippen molar-refractivity contribution in [2.24, 2.45) is 5.10 Å². The van der Waals surface area contributed by atoms with Gasteiger partial charge in [0.05, 0.1) is 17.9 Å². The Morgan fingerprint density at radius 2 is 1.48 bits per heavy atom. The van der Waals surface area contributed by atoms with Crippen LogP contribution in [0, 0.1) is 0 Å². The molecule has 0 spiro atoms. The van der Waals surface area contributed by atoms with Gasteiger partial charge in [0, 0.05) is 19.2 Å². The molecule has 1 heterocycles. The molecule has 1 saturated heterocycles.